The van der Waals surface area contributed by atoms with E-state index in [9.17, 15) is 9.59 Å². The van der Waals surface area contributed by atoms with E-state index >= 15 is 0 Å². The van der Waals surface area contributed by atoms with Gasteiger partial charge in [-0.25, -0.2) is 0 Å². The van der Waals surface area contributed by atoms with Gasteiger partial charge in [-0.1, -0.05) is 36.4 Å². The quantitative estimate of drug-likeness (QED) is 0.636. The van der Waals surface area contributed by atoms with E-state index in [1.807, 2.05) is 65.6 Å². The van der Waals surface area contributed by atoms with Crippen LogP contribution < -0.4 is 4.90 Å². The second-order valence-electron chi connectivity index (χ2n) is 5.10. The highest BCUT2D eigenvalue weighted by molar-refractivity contribution is 5.88. The third-order valence-corrected chi connectivity index (χ3v) is 3.52. The first-order valence-corrected chi connectivity index (χ1v) is 7.27. The van der Waals surface area contributed by atoms with Crippen LogP contribution in [0.5, 0.6) is 0 Å². The predicted molar refractivity (Wildman–Crippen MR) is 91.9 cm³/mol. The molecule has 3 nitrogen and oxygen atoms in total. The Hall–Kier alpha value is -3.20. The molecule has 0 amide bonds. The standard InChI is InChI=1S/C20H15NO2/c22-14-16-11-17(15-23)13-20(12-16)21(18-7-3-1-4-8-18)19-9-5-2-6-10-19/h1-15H. The molecule has 3 heteroatoms. The van der Waals surface area contributed by atoms with Gasteiger partial charge in [0.25, 0.3) is 0 Å². The van der Waals surface area contributed by atoms with Gasteiger partial charge < -0.3 is 4.90 Å². The van der Waals surface area contributed by atoms with Crippen LogP contribution in [0.1, 0.15) is 20.7 Å². The van der Waals surface area contributed by atoms with Gasteiger partial charge >= 0.3 is 0 Å². The van der Waals surface area contributed by atoms with Gasteiger partial charge in [-0.05, 0) is 42.5 Å². The van der Waals surface area contributed by atoms with Crippen molar-refractivity contribution in [1.82, 2.24) is 0 Å². The summed E-state index contributed by atoms with van der Waals surface area (Å²) in [7, 11) is 0. The van der Waals surface area contributed by atoms with E-state index in [1.54, 1.807) is 18.2 Å². The molecule has 112 valence electrons. The molecule has 23 heavy (non-hydrogen) atoms. The molecule has 0 unspecified atom stereocenters. The zero-order valence-corrected chi connectivity index (χ0v) is 12.4. The summed E-state index contributed by atoms with van der Waals surface area (Å²) < 4.78 is 0. The van der Waals surface area contributed by atoms with Gasteiger partial charge in [0, 0.05) is 28.2 Å². The average molecular weight is 301 g/mol. The summed E-state index contributed by atoms with van der Waals surface area (Å²) in [5, 5.41) is 0. The largest absolute Gasteiger partial charge is 0.310 e. The molecular weight excluding hydrogens is 286 g/mol. The Balaban J connectivity index is 2.20. The molecule has 0 aromatic heterocycles. The van der Waals surface area contributed by atoms with Crippen molar-refractivity contribution in [3.63, 3.8) is 0 Å². The van der Waals surface area contributed by atoms with Crippen LogP contribution >= 0.6 is 0 Å². The number of hydrogen-bond acceptors (Lipinski definition) is 3. The van der Waals surface area contributed by atoms with Crippen molar-refractivity contribution in [2.75, 3.05) is 4.90 Å². The fraction of sp³-hybridized carbons (Fsp3) is 0. The minimum absolute atomic E-state index is 0.474. The Bertz CT molecular complexity index is 748. The molecular formula is C20H15NO2. The molecule has 3 rings (SSSR count). The lowest BCUT2D eigenvalue weighted by Crippen LogP contribution is -2.10. The smallest absolute Gasteiger partial charge is 0.150 e. The van der Waals surface area contributed by atoms with Crippen LogP contribution in [-0.2, 0) is 0 Å². The third-order valence-electron chi connectivity index (χ3n) is 3.52. The minimum Gasteiger partial charge on any atom is -0.310 e. The van der Waals surface area contributed by atoms with Crippen LogP contribution in [0.2, 0.25) is 0 Å². The van der Waals surface area contributed by atoms with Gasteiger partial charge in [-0.3, -0.25) is 9.59 Å². The van der Waals surface area contributed by atoms with Crippen molar-refractivity contribution >= 4 is 29.6 Å². The van der Waals surface area contributed by atoms with Crippen molar-refractivity contribution in [2.24, 2.45) is 0 Å². The second-order valence-corrected chi connectivity index (χ2v) is 5.10. The molecule has 0 saturated heterocycles. The lowest BCUT2D eigenvalue weighted by Gasteiger charge is -2.25. The van der Waals surface area contributed by atoms with Crippen molar-refractivity contribution in [3.05, 3.63) is 90.0 Å². The zero-order valence-electron chi connectivity index (χ0n) is 12.4. The molecule has 0 radical (unpaired) electrons. The molecule has 0 saturated carbocycles. The highest BCUT2D eigenvalue weighted by Gasteiger charge is 2.13. The van der Waals surface area contributed by atoms with E-state index in [2.05, 4.69) is 0 Å². The van der Waals surface area contributed by atoms with E-state index < -0.39 is 0 Å². The normalized spacial score (nSPS) is 10.1. The number of para-hydroxylation sites is 2. The molecule has 0 aliphatic carbocycles. The Kier molecular flexibility index (Phi) is 4.29. The number of anilines is 3. The maximum Gasteiger partial charge on any atom is 0.150 e. The first-order valence-electron chi connectivity index (χ1n) is 7.27. The summed E-state index contributed by atoms with van der Waals surface area (Å²) in [6.45, 7) is 0. The summed E-state index contributed by atoms with van der Waals surface area (Å²) in [6, 6.07) is 24.8. The Morgan fingerprint density at radius 2 is 1.00 bits per heavy atom. The van der Waals surface area contributed by atoms with Crippen LogP contribution in [0.25, 0.3) is 0 Å². The van der Waals surface area contributed by atoms with Crippen LogP contribution in [0.15, 0.2) is 78.9 Å². The zero-order chi connectivity index (χ0) is 16.1. The van der Waals surface area contributed by atoms with Crippen molar-refractivity contribution in [2.45, 2.75) is 0 Å². The van der Waals surface area contributed by atoms with Gasteiger partial charge in [-0.2, -0.15) is 0 Å². The number of carbonyl (C=O) groups excluding carboxylic acids is 2. The van der Waals surface area contributed by atoms with E-state index in [1.165, 1.54) is 0 Å². The summed E-state index contributed by atoms with van der Waals surface area (Å²) in [4.78, 5) is 24.4. The Labute approximate surface area is 134 Å². The van der Waals surface area contributed by atoms with Crippen LogP contribution in [0, 0.1) is 0 Å². The van der Waals surface area contributed by atoms with Crippen LogP contribution in [0.3, 0.4) is 0 Å². The Morgan fingerprint density at radius 1 is 0.565 bits per heavy atom. The maximum absolute atomic E-state index is 11.2. The average Bonchev–Trinajstić information content (AvgIpc) is 2.63. The maximum atomic E-state index is 11.2. The number of hydrogen-bond donors (Lipinski definition) is 0. The molecule has 3 aromatic carbocycles. The molecule has 0 heterocycles. The summed E-state index contributed by atoms with van der Waals surface area (Å²) in [5.74, 6) is 0. The first kappa shape index (κ1) is 14.7. The van der Waals surface area contributed by atoms with Gasteiger partial charge in [0.15, 0.2) is 0 Å². The molecule has 0 aliphatic rings. The van der Waals surface area contributed by atoms with Gasteiger partial charge in [0.05, 0.1) is 0 Å². The predicted octanol–water partition coefficient (Wildman–Crippen LogP) is 4.78. The molecule has 3 aromatic rings. The van der Waals surface area contributed by atoms with E-state index in [0.717, 1.165) is 29.6 Å². The number of rotatable bonds is 5. The monoisotopic (exact) mass is 301 g/mol. The fourth-order valence-electron chi connectivity index (χ4n) is 2.53. The SMILES string of the molecule is O=Cc1cc(C=O)cc(N(c2ccccc2)c2ccccc2)c1. The molecule has 0 bridgehead atoms. The lowest BCUT2D eigenvalue weighted by atomic mass is 10.1. The topological polar surface area (TPSA) is 37.4 Å². The molecule has 0 aliphatic heterocycles. The van der Waals surface area contributed by atoms with Crippen molar-refractivity contribution in [3.8, 4) is 0 Å². The highest BCUT2D eigenvalue weighted by Crippen LogP contribution is 2.34. The Morgan fingerprint density at radius 3 is 1.39 bits per heavy atom. The number of aldehydes is 2. The van der Waals surface area contributed by atoms with Crippen molar-refractivity contribution in [1.29, 1.82) is 0 Å². The van der Waals surface area contributed by atoms with Gasteiger partial charge in [0.1, 0.15) is 12.6 Å². The van der Waals surface area contributed by atoms with Crippen LogP contribution in [-0.4, -0.2) is 12.6 Å². The molecule has 0 N–H and O–H groups in total. The molecule has 0 spiro atoms. The summed E-state index contributed by atoms with van der Waals surface area (Å²) in [6.07, 6.45) is 1.51. The number of benzene rings is 3. The molecule has 0 atom stereocenters. The lowest BCUT2D eigenvalue weighted by molar-refractivity contribution is 0.112. The van der Waals surface area contributed by atoms with E-state index in [-0.39, 0.29) is 0 Å². The summed E-state index contributed by atoms with van der Waals surface area (Å²) in [5.41, 5.74) is 3.63. The van der Waals surface area contributed by atoms with Crippen molar-refractivity contribution < 1.29 is 9.59 Å². The number of nitrogens with zero attached hydrogens (tertiary/aromatic N) is 1. The van der Waals surface area contributed by atoms with Crippen LogP contribution in [0.4, 0.5) is 17.1 Å². The minimum atomic E-state index is 0.474. The third kappa shape index (κ3) is 3.19. The van der Waals surface area contributed by atoms with Gasteiger partial charge in [0.2, 0.25) is 0 Å². The number of carbonyl (C=O) groups is 2. The van der Waals surface area contributed by atoms with E-state index in [4.69, 9.17) is 0 Å². The molecule has 0 fully saturated rings. The first-order chi connectivity index (χ1) is 11.3. The fourth-order valence-corrected chi connectivity index (χ4v) is 2.53. The highest BCUT2D eigenvalue weighted by atomic mass is 16.1. The van der Waals surface area contributed by atoms with Gasteiger partial charge in [-0.15, -0.1) is 0 Å². The van der Waals surface area contributed by atoms with E-state index in [0.29, 0.717) is 11.1 Å². The second kappa shape index (κ2) is 6.71. The summed E-state index contributed by atoms with van der Waals surface area (Å²) >= 11 is 0.